The number of aromatic nitrogens is 1. The lowest BCUT2D eigenvalue weighted by Crippen LogP contribution is -2.70. The standard InChI is InChI=1S/C21H19N3O6S2/c1-29-21(28)14-3-2-13(30-14)9-12-10-32-19-16(18(25)24(19)17(12)20(26)27)23-15(31)8-11-4-6-22-7-5-11/h2-7,16,19H,8-10H2,1H3,(H,23,31)(H,26,27)/t16-,19+/m1/s1. The van der Waals surface area contributed by atoms with Crippen molar-refractivity contribution in [3.8, 4) is 0 Å². The third kappa shape index (κ3) is 4.26. The molecule has 2 aromatic rings. The minimum Gasteiger partial charge on any atom is -0.477 e. The summed E-state index contributed by atoms with van der Waals surface area (Å²) < 4.78 is 10.1. The summed E-state index contributed by atoms with van der Waals surface area (Å²) in [4.78, 5) is 42.2. The van der Waals surface area contributed by atoms with Crippen molar-refractivity contribution in [2.24, 2.45) is 0 Å². The molecule has 2 aliphatic rings. The Morgan fingerprint density at radius 1 is 1.34 bits per heavy atom. The van der Waals surface area contributed by atoms with Crippen LogP contribution in [0.4, 0.5) is 0 Å². The molecular formula is C21H19N3O6S2. The Balaban J connectivity index is 1.47. The highest BCUT2D eigenvalue weighted by atomic mass is 32.2. The third-order valence-corrected chi connectivity index (χ3v) is 6.72. The first-order chi connectivity index (χ1) is 15.4. The number of hydrogen-bond acceptors (Lipinski definition) is 8. The monoisotopic (exact) mass is 473 g/mol. The topological polar surface area (TPSA) is 122 Å². The number of ether oxygens (including phenoxy) is 1. The lowest BCUT2D eigenvalue weighted by Gasteiger charge is -2.49. The molecule has 0 aromatic carbocycles. The van der Waals surface area contributed by atoms with Gasteiger partial charge in [0.2, 0.25) is 5.76 Å². The lowest BCUT2D eigenvalue weighted by atomic mass is 10.0. The van der Waals surface area contributed by atoms with E-state index < -0.39 is 18.0 Å². The van der Waals surface area contributed by atoms with E-state index in [1.54, 1.807) is 18.5 Å². The number of aliphatic carboxylic acids is 1. The summed E-state index contributed by atoms with van der Waals surface area (Å²) in [5.74, 6) is -1.29. The number of esters is 1. The molecule has 9 nitrogen and oxygen atoms in total. The Hall–Kier alpha value is -3.18. The number of β-lactam (4-membered cyclic amide) rings is 1. The second-order valence-corrected chi connectivity index (χ2v) is 8.78. The highest BCUT2D eigenvalue weighted by Crippen LogP contribution is 2.41. The van der Waals surface area contributed by atoms with Crippen molar-refractivity contribution in [2.75, 3.05) is 12.9 Å². The third-order valence-electron chi connectivity index (χ3n) is 5.12. The average molecular weight is 474 g/mol. The number of carboxylic acids is 1. The average Bonchev–Trinajstić information content (AvgIpc) is 3.25. The number of nitrogens with one attached hydrogen (secondary N) is 1. The highest BCUT2D eigenvalue weighted by molar-refractivity contribution is 8.00. The van der Waals surface area contributed by atoms with Gasteiger partial charge in [0, 0.05) is 31.0 Å². The predicted molar refractivity (Wildman–Crippen MR) is 119 cm³/mol. The summed E-state index contributed by atoms with van der Waals surface area (Å²) in [5.41, 5.74) is 1.46. The van der Waals surface area contributed by atoms with Gasteiger partial charge in [0.1, 0.15) is 22.9 Å². The molecule has 0 radical (unpaired) electrons. The van der Waals surface area contributed by atoms with E-state index in [0.717, 1.165) is 5.56 Å². The van der Waals surface area contributed by atoms with Crippen LogP contribution in [0.5, 0.6) is 0 Å². The molecular weight excluding hydrogens is 454 g/mol. The minimum atomic E-state index is -1.18. The van der Waals surface area contributed by atoms with Gasteiger partial charge in [-0.05, 0) is 35.4 Å². The van der Waals surface area contributed by atoms with E-state index in [1.165, 1.54) is 29.8 Å². The zero-order chi connectivity index (χ0) is 22.8. The summed E-state index contributed by atoms with van der Waals surface area (Å²) in [6.45, 7) is 0. The molecule has 0 aliphatic carbocycles. The van der Waals surface area contributed by atoms with Crippen LogP contribution in [0.25, 0.3) is 0 Å². The highest BCUT2D eigenvalue weighted by Gasteiger charge is 2.53. The lowest BCUT2D eigenvalue weighted by molar-refractivity contribution is -0.148. The summed E-state index contributed by atoms with van der Waals surface area (Å²) >= 11 is 6.85. The van der Waals surface area contributed by atoms with Gasteiger partial charge in [-0.2, -0.15) is 0 Å². The van der Waals surface area contributed by atoms with Crippen molar-refractivity contribution >= 4 is 46.8 Å². The van der Waals surface area contributed by atoms with E-state index in [4.69, 9.17) is 16.6 Å². The number of pyridine rings is 1. The molecule has 4 heterocycles. The van der Waals surface area contributed by atoms with Crippen molar-refractivity contribution < 1.29 is 28.6 Å². The molecule has 0 unspecified atom stereocenters. The molecule has 2 aliphatic heterocycles. The first-order valence-corrected chi connectivity index (χ1v) is 11.1. The zero-order valence-electron chi connectivity index (χ0n) is 16.9. The van der Waals surface area contributed by atoms with Gasteiger partial charge in [0.05, 0.1) is 12.1 Å². The Kier molecular flexibility index (Phi) is 6.28. The van der Waals surface area contributed by atoms with E-state index in [1.807, 2.05) is 12.1 Å². The number of hydrogen-bond donors (Lipinski definition) is 2. The van der Waals surface area contributed by atoms with Crippen LogP contribution >= 0.6 is 24.0 Å². The van der Waals surface area contributed by atoms with Gasteiger partial charge in [0.25, 0.3) is 5.91 Å². The molecule has 2 atom stereocenters. The number of thiocarbonyl (C=S) groups is 1. The number of carbonyl (C=O) groups excluding carboxylic acids is 2. The SMILES string of the molecule is COC(=O)c1ccc(CC2=C(C(=O)O)N3C(=O)[C@@H](NC(=S)Cc4ccncc4)[C@@H]3SC2)o1. The molecule has 0 saturated carbocycles. The fourth-order valence-electron chi connectivity index (χ4n) is 3.62. The van der Waals surface area contributed by atoms with Gasteiger partial charge >= 0.3 is 11.9 Å². The molecule has 4 rings (SSSR count). The number of carbonyl (C=O) groups is 3. The summed E-state index contributed by atoms with van der Waals surface area (Å²) in [6.07, 6.45) is 3.97. The molecule has 0 bridgehead atoms. The molecule has 1 saturated heterocycles. The Morgan fingerprint density at radius 3 is 2.78 bits per heavy atom. The smallest absolute Gasteiger partial charge is 0.373 e. The predicted octanol–water partition coefficient (Wildman–Crippen LogP) is 1.79. The largest absolute Gasteiger partial charge is 0.477 e. The Morgan fingerprint density at radius 2 is 2.09 bits per heavy atom. The van der Waals surface area contributed by atoms with Crippen molar-refractivity contribution in [2.45, 2.75) is 24.3 Å². The number of amides is 1. The maximum atomic E-state index is 12.8. The molecule has 32 heavy (non-hydrogen) atoms. The first kappa shape index (κ1) is 22.0. The van der Waals surface area contributed by atoms with E-state index in [0.29, 0.717) is 28.5 Å². The number of thioether (sulfide) groups is 1. The number of nitrogens with zero attached hydrogens (tertiary/aromatic N) is 2. The van der Waals surface area contributed by atoms with Crippen molar-refractivity contribution in [1.82, 2.24) is 15.2 Å². The van der Waals surface area contributed by atoms with E-state index in [2.05, 4.69) is 15.0 Å². The van der Waals surface area contributed by atoms with Crippen molar-refractivity contribution in [3.05, 3.63) is 65.0 Å². The van der Waals surface area contributed by atoms with Crippen molar-refractivity contribution in [3.63, 3.8) is 0 Å². The van der Waals surface area contributed by atoms with Gasteiger partial charge in [0.15, 0.2) is 0 Å². The molecule has 11 heteroatoms. The quantitative estimate of drug-likeness (QED) is 0.350. The fourth-order valence-corrected chi connectivity index (χ4v) is 5.26. The van der Waals surface area contributed by atoms with Crippen LogP contribution in [0, 0.1) is 0 Å². The molecule has 0 spiro atoms. The fraction of sp³-hybridized carbons (Fsp3) is 0.286. The number of rotatable bonds is 7. The molecule has 166 valence electrons. The summed E-state index contributed by atoms with van der Waals surface area (Å²) in [7, 11) is 1.25. The van der Waals surface area contributed by atoms with Gasteiger partial charge < -0.3 is 19.6 Å². The van der Waals surface area contributed by atoms with E-state index >= 15 is 0 Å². The van der Waals surface area contributed by atoms with Crippen molar-refractivity contribution in [1.29, 1.82) is 0 Å². The van der Waals surface area contributed by atoms with Gasteiger partial charge in [-0.25, -0.2) is 9.59 Å². The molecule has 1 fully saturated rings. The summed E-state index contributed by atoms with van der Waals surface area (Å²) in [5, 5.41) is 12.5. The van der Waals surface area contributed by atoms with Crippen LogP contribution in [0.15, 0.2) is 52.3 Å². The van der Waals surface area contributed by atoms with Crippen LogP contribution in [0.3, 0.4) is 0 Å². The Labute approximate surface area is 192 Å². The van der Waals surface area contributed by atoms with Gasteiger partial charge in [-0.3, -0.25) is 14.7 Å². The number of furan rings is 1. The second-order valence-electron chi connectivity index (χ2n) is 7.18. The number of fused-ring (bicyclic) bond motifs is 1. The van der Waals surface area contributed by atoms with Gasteiger partial charge in [-0.15, -0.1) is 11.8 Å². The van der Waals surface area contributed by atoms with Crippen LogP contribution in [-0.2, 0) is 27.2 Å². The maximum Gasteiger partial charge on any atom is 0.373 e. The van der Waals surface area contributed by atoms with Crippen LogP contribution in [-0.4, -0.2) is 62.1 Å². The zero-order valence-corrected chi connectivity index (χ0v) is 18.6. The van der Waals surface area contributed by atoms with Crippen LogP contribution in [0.2, 0.25) is 0 Å². The Bertz CT molecular complexity index is 1110. The summed E-state index contributed by atoms with van der Waals surface area (Å²) in [6, 6.07) is 6.17. The number of methoxy groups -OCH3 is 1. The molecule has 2 aromatic heterocycles. The van der Waals surface area contributed by atoms with Gasteiger partial charge in [-0.1, -0.05) is 12.2 Å². The van der Waals surface area contributed by atoms with Crippen LogP contribution in [0.1, 0.15) is 21.9 Å². The number of carboxylic acid groups (broad SMARTS) is 1. The second kappa shape index (κ2) is 9.13. The maximum absolute atomic E-state index is 12.8. The van der Waals surface area contributed by atoms with E-state index in [-0.39, 0.29) is 29.2 Å². The minimum absolute atomic E-state index is 0.0355. The molecule has 2 N–H and O–H groups in total. The molecule has 1 amide bonds. The normalized spacial score (nSPS) is 19.8. The van der Waals surface area contributed by atoms with E-state index in [9.17, 15) is 19.5 Å². The van der Waals surface area contributed by atoms with Crippen LogP contribution < -0.4 is 5.32 Å². The first-order valence-electron chi connectivity index (χ1n) is 9.64.